The SMILES string of the molecule is C[C@H](N)c1ccc(-n2cc(C(F)(F)F)cn2)nc1. The normalized spacial score (nSPS) is 13.6. The number of nitrogens with two attached hydrogens (primary N) is 1. The van der Waals surface area contributed by atoms with E-state index in [9.17, 15) is 13.2 Å². The van der Waals surface area contributed by atoms with Crippen LogP contribution < -0.4 is 5.73 Å². The Bertz CT molecular complexity index is 528. The first kappa shape index (κ1) is 12.6. The summed E-state index contributed by atoms with van der Waals surface area (Å²) in [7, 11) is 0. The van der Waals surface area contributed by atoms with E-state index >= 15 is 0 Å². The Labute approximate surface area is 101 Å². The van der Waals surface area contributed by atoms with E-state index in [0.29, 0.717) is 5.82 Å². The highest BCUT2D eigenvalue weighted by atomic mass is 19.4. The van der Waals surface area contributed by atoms with Crippen LogP contribution in [0.25, 0.3) is 5.82 Å². The molecule has 2 rings (SSSR count). The molecule has 2 aromatic rings. The maximum Gasteiger partial charge on any atom is 0.419 e. The first-order valence-corrected chi connectivity index (χ1v) is 5.21. The predicted molar refractivity (Wildman–Crippen MR) is 59.0 cm³/mol. The lowest BCUT2D eigenvalue weighted by Crippen LogP contribution is -2.06. The third-order valence-electron chi connectivity index (χ3n) is 2.44. The molecule has 2 aromatic heterocycles. The fourth-order valence-corrected chi connectivity index (χ4v) is 1.40. The average molecular weight is 256 g/mol. The number of pyridine rings is 1. The molecule has 0 amide bonds. The summed E-state index contributed by atoms with van der Waals surface area (Å²) in [4.78, 5) is 4.02. The van der Waals surface area contributed by atoms with Crippen molar-refractivity contribution in [1.82, 2.24) is 14.8 Å². The molecule has 1 atom stereocenters. The Morgan fingerprint density at radius 2 is 2.00 bits per heavy atom. The highest BCUT2D eigenvalue weighted by Crippen LogP contribution is 2.28. The summed E-state index contributed by atoms with van der Waals surface area (Å²) >= 11 is 0. The van der Waals surface area contributed by atoms with Crippen molar-refractivity contribution in [2.75, 3.05) is 0 Å². The predicted octanol–water partition coefficient (Wildman–Crippen LogP) is 2.31. The Morgan fingerprint density at radius 1 is 1.28 bits per heavy atom. The second-order valence-electron chi connectivity index (χ2n) is 3.91. The van der Waals surface area contributed by atoms with Crippen molar-refractivity contribution in [1.29, 1.82) is 0 Å². The third kappa shape index (κ3) is 2.51. The maximum absolute atomic E-state index is 12.4. The van der Waals surface area contributed by atoms with Gasteiger partial charge in [-0.25, -0.2) is 9.67 Å². The van der Waals surface area contributed by atoms with Crippen molar-refractivity contribution in [2.24, 2.45) is 5.73 Å². The Hall–Kier alpha value is -1.89. The monoisotopic (exact) mass is 256 g/mol. The molecular formula is C11H11F3N4. The number of aromatic nitrogens is 3. The fourth-order valence-electron chi connectivity index (χ4n) is 1.40. The zero-order chi connectivity index (χ0) is 13.3. The number of hydrogen-bond acceptors (Lipinski definition) is 3. The van der Waals surface area contributed by atoms with Crippen molar-refractivity contribution in [3.8, 4) is 5.82 Å². The van der Waals surface area contributed by atoms with E-state index in [0.717, 1.165) is 22.6 Å². The molecule has 4 nitrogen and oxygen atoms in total. The van der Waals surface area contributed by atoms with Gasteiger partial charge in [-0.2, -0.15) is 18.3 Å². The standard InChI is InChI=1S/C11H11F3N4/c1-7(15)8-2-3-10(16-4-8)18-6-9(5-17-18)11(12,13)14/h2-7H,15H2,1H3/t7-/m0/s1. The molecule has 0 saturated heterocycles. The van der Waals surface area contributed by atoms with E-state index in [2.05, 4.69) is 10.1 Å². The first-order valence-electron chi connectivity index (χ1n) is 5.21. The summed E-state index contributed by atoms with van der Waals surface area (Å²) < 4.78 is 38.3. The molecule has 96 valence electrons. The molecule has 18 heavy (non-hydrogen) atoms. The Morgan fingerprint density at radius 3 is 2.44 bits per heavy atom. The molecule has 0 saturated carbocycles. The van der Waals surface area contributed by atoms with E-state index < -0.39 is 11.7 Å². The second kappa shape index (κ2) is 4.41. The van der Waals surface area contributed by atoms with Crippen molar-refractivity contribution >= 4 is 0 Å². The van der Waals surface area contributed by atoms with Crippen LogP contribution in [0.2, 0.25) is 0 Å². The maximum atomic E-state index is 12.4. The van der Waals surface area contributed by atoms with Gasteiger partial charge in [0.05, 0.1) is 11.8 Å². The lowest BCUT2D eigenvalue weighted by Gasteiger charge is -2.06. The van der Waals surface area contributed by atoms with Crippen molar-refractivity contribution in [3.63, 3.8) is 0 Å². The summed E-state index contributed by atoms with van der Waals surface area (Å²) in [5.74, 6) is 0.315. The molecule has 0 fully saturated rings. The molecule has 0 aromatic carbocycles. The largest absolute Gasteiger partial charge is 0.419 e. The summed E-state index contributed by atoms with van der Waals surface area (Å²) in [5, 5.41) is 3.63. The molecule has 0 unspecified atom stereocenters. The lowest BCUT2D eigenvalue weighted by atomic mass is 10.2. The third-order valence-corrected chi connectivity index (χ3v) is 2.44. The van der Waals surface area contributed by atoms with Crippen LogP contribution in [-0.2, 0) is 6.18 Å². The van der Waals surface area contributed by atoms with E-state index in [-0.39, 0.29) is 6.04 Å². The molecule has 0 bridgehead atoms. The zero-order valence-electron chi connectivity index (χ0n) is 9.52. The first-order chi connectivity index (χ1) is 8.38. The van der Waals surface area contributed by atoms with Crippen LogP contribution in [0.1, 0.15) is 24.1 Å². The summed E-state index contributed by atoms with van der Waals surface area (Å²) in [6.45, 7) is 1.80. The quantitative estimate of drug-likeness (QED) is 0.897. The van der Waals surface area contributed by atoms with Gasteiger partial charge in [0.1, 0.15) is 0 Å². The molecule has 0 aliphatic rings. The summed E-state index contributed by atoms with van der Waals surface area (Å²) in [6, 6.07) is 3.11. The number of rotatable bonds is 2. The minimum atomic E-state index is -4.40. The van der Waals surface area contributed by atoms with E-state index in [4.69, 9.17) is 5.73 Å². The molecule has 0 spiro atoms. The van der Waals surface area contributed by atoms with Gasteiger partial charge in [0.25, 0.3) is 0 Å². The van der Waals surface area contributed by atoms with Crippen LogP contribution in [0.5, 0.6) is 0 Å². The Kier molecular flexibility index (Phi) is 3.08. The van der Waals surface area contributed by atoms with Gasteiger partial charge in [0.15, 0.2) is 5.82 Å². The van der Waals surface area contributed by atoms with Crippen LogP contribution >= 0.6 is 0 Å². The van der Waals surface area contributed by atoms with Crippen molar-refractivity contribution in [2.45, 2.75) is 19.1 Å². The van der Waals surface area contributed by atoms with Crippen LogP contribution in [-0.4, -0.2) is 14.8 Å². The van der Waals surface area contributed by atoms with Gasteiger partial charge >= 0.3 is 6.18 Å². The second-order valence-corrected chi connectivity index (χ2v) is 3.91. The minimum Gasteiger partial charge on any atom is -0.324 e. The lowest BCUT2D eigenvalue weighted by molar-refractivity contribution is -0.137. The van der Waals surface area contributed by atoms with Gasteiger partial charge in [-0.15, -0.1) is 0 Å². The van der Waals surface area contributed by atoms with Gasteiger partial charge in [-0.05, 0) is 18.6 Å². The van der Waals surface area contributed by atoms with Gasteiger partial charge in [-0.1, -0.05) is 6.07 Å². The Balaban J connectivity index is 2.29. The minimum absolute atomic E-state index is 0.171. The summed E-state index contributed by atoms with van der Waals surface area (Å²) in [5.41, 5.74) is 5.65. The molecule has 7 heteroatoms. The van der Waals surface area contributed by atoms with Crippen molar-refractivity contribution < 1.29 is 13.2 Å². The number of nitrogens with zero attached hydrogens (tertiary/aromatic N) is 3. The van der Waals surface area contributed by atoms with E-state index in [1.807, 2.05) is 0 Å². The van der Waals surface area contributed by atoms with Gasteiger partial charge in [0, 0.05) is 18.4 Å². The van der Waals surface area contributed by atoms with Crippen LogP contribution in [0, 0.1) is 0 Å². The smallest absolute Gasteiger partial charge is 0.324 e. The van der Waals surface area contributed by atoms with Crippen LogP contribution in [0.3, 0.4) is 0 Å². The van der Waals surface area contributed by atoms with Gasteiger partial charge in [0.2, 0.25) is 0 Å². The summed E-state index contributed by atoms with van der Waals surface area (Å²) in [6.07, 6.45) is -1.21. The molecule has 2 heterocycles. The number of hydrogen-bond donors (Lipinski definition) is 1. The van der Waals surface area contributed by atoms with E-state index in [1.54, 1.807) is 19.1 Å². The molecular weight excluding hydrogens is 245 g/mol. The molecule has 0 radical (unpaired) electrons. The number of alkyl halides is 3. The number of halogens is 3. The van der Waals surface area contributed by atoms with Gasteiger partial charge < -0.3 is 5.73 Å². The highest BCUT2D eigenvalue weighted by Gasteiger charge is 2.32. The fraction of sp³-hybridized carbons (Fsp3) is 0.273. The average Bonchev–Trinajstić information content (AvgIpc) is 2.78. The molecule has 0 aliphatic carbocycles. The highest BCUT2D eigenvalue weighted by molar-refractivity contribution is 5.27. The molecule has 2 N–H and O–H groups in total. The van der Waals surface area contributed by atoms with E-state index in [1.165, 1.54) is 6.20 Å². The van der Waals surface area contributed by atoms with Crippen LogP contribution in [0.4, 0.5) is 13.2 Å². The topological polar surface area (TPSA) is 56.7 Å². The zero-order valence-corrected chi connectivity index (χ0v) is 9.52. The molecule has 0 aliphatic heterocycles. The van der Waals surface area contributed by atoms with Crippen molar-refractivity contribution in [3.05, 3.63) is 41.9 Å². The van der Waals surface area contributed by atoms with Gasteiger partial charge in [-0.3, -0.25) is 0 Å². The van der Waals surface area contributed by atoms with Crippen LogP contribution in [0.15, 0.2) is 30.7 Å².